The van der Waals surface area contributed by atoms with Crippen LogP contribution in [-0.4, -0.2) is 11.4 Å². The van der Waals surface area contributed by atoms with Gasteiger partial charge in [0.1, 0.15) is 0 Å². The zero-order valence-electron chi connectivity index (χ0n) is 10.2. The fraction of sp³-hybridized carbons (Fsp3) is 0.417. The highest BCUT2D eigenvalue weighted by molar-refractivity contribution is 5.97. The van der Waals surface area contributed by atoms with Gasteiger partial charge >= 0.3 is 0 Å². The smallest absolute Gasteiger partial charge is 0.244 e. The van der Waals surface area contributed by atoms with Gasteiger partial charge in [-0.05, 0) is 12.8 Å². The Hall–Kier alpha value is -1.56. The molecule has 1 amide bonds. The third-order valence-corrected chi connectivity index (χ3v) is 2.96. The second-order valence-corrected chi connectivity index (χ2v) is 4.07. The van der Waals surface area contributed by atoms with Crippen molar-refractivity contribution >= 4 is 11.6 Å². The Balaban J connectivity index is 2.95. The number of carbonyl (C=O) groups excluding carboxylic acids is 1. The number of hydrogen-bond acceptors (Lipinski definition) is 2. The molecule has 0 aliphatic rings. The molecule has 0 aliphatic carbocycles. The lowest BCUT2D eigenvalue weighted by molar-refractivity contribution is -0.121. The van der Waals surface area contributed by atoms with Gasteiger partial charge < -0.3 is 11.1 Å². The van der Waals surface area contributed by atoms with Crippen molar-refractivity contribution in [2.75, 3.05) is 5.32 Å². The Morgan fingerprint density at radius 1 is 1.22 bits per heavy atom. The van der Waals surface area contributed by atoms with Crippen LogP contribution in [0, 0.1) is 17.5 Å². The van der Waals surface area contributed by atoms with Gasteiger partial charge in [-0.3, -0.25) is 4.79 Å². The van der Waals surface area contributed by atoms with Crippen molar-refractivity contribution in [3.63, 3.8) is 0 Å². The molecule has 0 atom stereocenters. The van der Waals surface area contributed by atoms with Gasteiger partial charge in [-0.2, -0.15) is 0 Å². The first kappa shape index (κ1) is 14.5. The van der Waals surface area contributed by atoms with Crippen molar-refractivity contribution in [2.24, 2.45) is 5.73 Å². The van der Waals surface area contributed by atoms with Crippen molar-refractivity contribution in [1.29, 1.82) is 0 Å². The SMILES string of the molecule is CCC(N)(CC)C(=O)Nc1cc(F)c(F)c(F)c1. The number of nitrogens with one attached hydrogen (secondary N) is 1. The number of halogens is 3. The Morgan fingerprint density at radius 3 is 2.06 bits per heavy atom. The quantitative estimate of drug-likeness (QED) is 0.817. The molecule has 0 aromatic heterocycles. The summed E-state index contributed by atoms with van der Waals surface area (Å²) < 4.78 is 38.6. The molecule has 18 heavy (non-hydrogen) atoms. The summed E-state index contributed by atoms with van der Waals surface area (Å²) in [6, 6.07) is 1.42. The largest absolute Gasteiger partial charge is 0.324 e. The predicted molar refractivity (Wildman–Crippen MR) is 62.4 cm³/mol. The molecule has 0 spiro atoms. The number of carbonyl (C=O) groups is 1. The molecule has 0 saturated heterocycles. The van der Waals surface area contributed by atoms with E-state index < -0.39 is 28.9 Å². The lowest BCUT2D eigenvalue weighted by atomic mass is 9.93. The minimum atomic E-state index is -1.57. The highest BCUT2D eigenvalue weighted by Crippen LogP contribution is 2.20. The first-order valence-corrected chi connectivity index (χ1v) is 5.59. The maximum absolute atomic E-state index is 13.0. The van der Waals surface area contributed by atoms with E-state index >= 15 is 0 Å². The van der Waals surface area contributed by atoms with E-state index in [1.54, 1.807) is 13.8 Å². The number of anilines is 1. The molecule has 0 radical (unpaired) electrons. The first-order chi connectivity index (χ1) is 8.34. The maximum Gasteiger partial charge on any atom is 0.244 e. The van der Waals surface area contributed by atoms with Crippen LogP contribution in [-0.2, 0) is 4.79 Å². The van der Waals surface area contributed by atoms with E-state index in [2.05, 4.69) is 5.32 Å². The molecule has 6 heteroatoms. The minimum Gasteiger partial charge on any atom is -0.324 e. The predicted octanol–water partition coefficient (Wildman–Crippen LogP) is 2.56. The monoisotopic (exact) mass is 260 g/mol. The average Bonchev–Trinajstić information content (AvgIpc) is 2.34. The second kappa shape index (κ2) is 5.39. The summed E-state index contributed by atoms with van der Waals surface area (Å²) in [6.07, 6.45) is 0.753. The van der Waals surface area contributed by atoms with Gasteiger partial charge in [0.25, 0.3) is 0 Å². The van der Waals surface area contributed by atoms with E-state index in [1.165, 1.54) is 0 Å². The number of hydrogen-bond donors (Lipinski definition) is 2. The molecule has 0 fully saturated rings. The Kier molecular flexibility index (Phi) is 4.34. The van der Waals surface area contributed by atoms with Crippen LogP contribution in [0.2, 0.25) is 0 Å². The maximum atomic E-state index is 13.0. The molecular formula is C12H15F3N2O. The van der Waals surface area contributed by atoms with Crippen molar-refractivity contribution in [3.8, 4) is 0 Å². The molecule has 0 unspecified atom stereocenters. The number of rotatable bonds is 4. The third-order valence-electron chi connectivity index (χ3n) is 2.96. The minimum absolute atomic E-state index is 0.159. The van der Waals surface area contributed by atoms with E-state index in [0.717, 1.165) is 0 Å². The zero-order chi connectivity index (χ0) is 13.9. The van der Waals surface area contributed by atoms with Crippen molar-refractivity contribution in [1.82, 2.24) is 0 Å². The number of benzene rings is 1. The van der Waals surface area contributed by atoms with Crippen LogP contribution < -0.4 is 11.1 Å². The molecule has 3 N–H and O–H groups in total. The molecule has 0 aliphatic heterocycles. The van der Waals surface area contributed by atoms with Gasteiger partial charge in [-0.1, -0.05) is 13.8 Å². The van der Waals surface area contributed by atoms with Crippen LogP contribution in [0.1, 0.15) is 26.7 Å². The lowest BCUT2D eigenvalue weighted by Crippen LogP contribution is -2.50. The molecule has 3 nitrogen and oxygen atoms in total. The average molecular weight is 260 g/mol. The van der Waals surface area contributed by atoms with Crippen molar-refractivity contribution < 1.29 is 18.0 Å². The van der Waals surface area contributed by atoms with Crippen molar-refractivity contribution in [3.05, 3.63) is 29.6 Å². The Bertz CT molecular complexity index is 436. The summed E-state index contributed by atoms with van der Waals surface area (Å²) in [6.45, 7) is 3.46. The van der Waals surface area contributed by atoms with Crippen LogP contribution in [0.4, 0.5) is 18.9 Å². The summed E-state index contributed by atoms with van der Waals surface area (Å²) >= 11 is 0. The van der Waals surface area contributed by atoms with E-state index in [1.807, 2.05) is 0 Å². The normalized spacial score (nSPS) is 11.4. The van der Waals surface area contributed by atoms with Crippen LogP contribution in [0.3, 0.4) is 0 Å². The summed E-state index contributed by atoms with van der Waals surface area (Å²) in [5.41, 5.74) is 4.55. The first-order valence-electron chi connectivity index (χ1n) is 5.59. The third kappa shape index (κ3) is 2.81. The molecule has 0 bridgehead atoms. The fourth-order valence-corrected chi connectivity index (χ4v) is 1.45. The Morgan fingerprint density at radius 2 is 1.67 bits per heavy atom. The molecule has 0 heterocycles. The van der Waals surface area contributed by atoms with Crippen LogP contribution in [0.25, 0.3) is 0 Å². The van der Waals surface area contributed by atoms with Gasteiger partial charge in [-0.15, -0.1) is 0 Å². The standard InChI is InChI=1S/C12H15F3N2O/c1-3-12(16,4-2)11(18)17-7-5-8(13)10(15)9(14)6-7/h5-6H,3-4,16H2,1-2H3,(H,17,18). The van der Waals surface area contributed by atoms with Gasteiger partial charge in [0.2, 0.25) is 5.91 Å². The molecule has 0 saturated carbocycles. The molecular weight excluding hydrogens is 245 g/mol. The molecule has 100 valence electrons. The Labute approximate surface area is 103 Å². The summed E-state index contributed by atoms with van der Waals surface area (Å²) in [7, 11) is 0. The summed E-state index contributed by atoms with van der Waals surface area (Å²) in [5.74, 6) is -4.85. The summed E-state index contributed by atoms with van der Waals surface area (Å²) in [4.78, 5) is 11.8. The lowest BCUT2D eigenvalue weighted by Gasteiger charge is -2.25. The van der Waals surface area contributed by atoms with Gasteiger partial charge in [0, 0.05) is 17.8 Å². The van der Waals surface area contributed by atoms with Crippen LogP contribution in [0.5, 0.6) is 0 Å². The van der Waals surface area contributed by atoms with Crippen LogP contribution >= 0.6 is 0 Å². The van der Waals surface area contributed by atoms with Crippen LogP contribution in [0.15, 0.2) is 12.1 Å². The van der Waals surface area contributed by atoms with Crippen molar-refractivity contribution in [2.45, 2.75) is 32.2 Å². The number of amides is 1. The number of nitrogens with two attached hydrogens (primary N) is 1. The molecule has 1 aromatic rings. The van der Waals surface area contributed by atoms with Gasteiger partial charge in [0.05, 0.1) is 5.54 Å². The van der Waals surface area contributed by atoms with E-state index in [-0.39, 0.29) is 5.69 Å². The highest BCUT2D eigenvalue weighted by atomic mass is 19.2. The highest BCUT2D eigenvalue weighted by Gasteiger charge is 2.30. The zero-order valence-corrected chi connectivity index (χ0v) is 10.2. The van der Waals surface area contributed by atoms with E-state index in [9.17, 15) is 18.0 Å². The van der Waals surface area contributed by atoms with E-state index in [4.69, 9.17) is 5.73 Å². The van der Waals surface area contributed by atoms with E-state index in [0.29, 0.717) is 25.0 Å². The molecule has 1 aromatic carbocycles. The topological polar surface area (TPSA) is 55.1 Å². The van der Waals surface area contributed by atoms with Gasteiger partial charge in [-0.25, -0.2) is 13.2 Å². The summed E-state index contributed by atoms with van der Waals surface area (Å²) in [5, 5.41) is 2.28. The molecule has 1 rings (SSSR count). The van der Waals surface area contributed by atoms with Gasteiger partial charge in [0.15, 0.2) is 17.5 Å². The fourth-order valence-electron chi connectivity index (χ4n) is 1.45. The second-order valence-electron chi connectivity index (χ2n) is 4.07.